The van der Waals surface area contributed by atoms with Crippen LogP contribution in [0.4, 0.5) is 34.1 Å². The zero-order valence-electron chi connectivity index (χ0n) is 20.2. The van der Waals surface area contributed by atoms with Gasteiger partial charge in [0.1, 0.15) is 22.9 Å². The summed E-state index contributed by atoms with van der Waals surface area (Å²) in [4.78, 5) is 17.1. The number of non-ortho nitro benzene ring substituents is 1. The predicted octanol–water partition coefficient (Wildman–Crippen LogP) is 6.16. The topological polar surface area (TPSA) is 150 Å². The quantitative estimate of drug-likeness (QED) is 0.180. The van der Waals surface area contributed by atoms with Gasteiger partial charge in [-0.05, 0) is 43.3 Å². The second kappa shape index (κ2) is 12.9. The molecule has 0 saturated carbocycles. The summed E-state index contributed by atoms with van der Waals surface area (Å²) < 4.78 is 10.9. The van der Waals surface area contributed by atoms with Crippen LogP contribution in [-0.2, 0) is 4.84 Å². The van der Waals surface area contributed by atoms with Gasteiger partial charge >= 0.3 is 0 Å². The van der Waals surface area contributed by atoms with E-state index >= 15 is 0 Å². The number of azo groups is 2. The summed E-state index contributed by atoms with van der Waals surface area (Å²) in [5, 5.41) is 27.8. The lowest BCUT2D eigenvalue weighted by Gasteiger charge is -2.22. The van der Waals surface area contributed by atoms with Gasteiger partial charge in [0, 0.05) is 43.0 Å². The Morgan fingerprint density at radius 2 is 1.36 bits per heavy atom. The predicted molar refractivity (Wildman–Crippen MR) is 135 cm³/mol. The first kappa shape index (κ1) is 26.2. The third kappa shape index (κ3) is 6.81. The van der Waals surface area contributed by atoms with Crippen molar-refractivity contribution in [2.45, 2.75) is 6.92 Å². The van der Waals surface area contributed by atoms with E-state index in [0.29, 0.717) is 47.4 Å². The van der Waals surface area contributed by atoms with Crippen molar-refractivity contribution in [2.24, 2.45) is 26.4 Å². The molecule has 3 rings (SSSR count). The first-order chi connectivity index (χ1) is 17.5. The van der Waals surface area contributed by atoms with Crippen LogP contribution in [0.3, 0.4) is 0 Å². The maximum atomic E-state index is 10.8. The normalized spacial score (nSPS) is 11.2. The molecule has 12 nitrogen and oxygen atoms in total. The monoisotopic (exact) mass is 493 g/mol. The highest BCUT2D eigenvalue weighted by atomic mass is 16.6. The van der Waals surface area contributed by atoms with Crippen molar-refractivity contribution < 1.29 is 19.2 Å². The van der Waals surface area contributed by atoms with Gasteiger partial charge in [0.25, 0.3) is 5.69 Å². The van der Waals surface area contributed by atoms with Gasteiger partial charge in [-0.2, -0.15) is 10.2 Å². The van der Waals surface area contributed by atoms with Gasteiger partial charge in [-0.1, -0.05) is 0 Å². The number of methoxy groups -OCH3 is 2. The van der Waals surface area contributed by atoms with Gasteiger partial charge in [0.2, 0.25) is 0 Å². The Morgan fingerprint density at radius 3 is 1.78 bits per heavy atom. The van der Waals surface area contributed by atoms with Crippen LogP contribution >= 0.6 is 0 Å². The van der Waals surface area contributed by atoms with Gasteiger partial charge in [-0.3, -0.25) is 10.1 Å². The largest absolute Gasteiger partial charge is 0.494 e. The lowest BCUT2D eigenvalue weighted by Crippen LogP contribution is -2.27. The number of hydrogen-bond acceptors (Lipinski definition) is 11. The number of nitrogens with two attached hydrogens (primary N) is 1. The molecule has 0 unspecified atom stereocenters. The van der Waals surface area contributed by atoms with Gasteiger partial charge in [-0.25, -0.2) is 5.90 Å². The molecule has 0 aliphatic rings. The second-order valence-electron chi connectivity index (χ2n) is 7.34. The first-order valence-corrected chi connectivity index (χ1v) is 11.0. The molecule has 0 aliphatic heterocycles. The highest BCUT2D eigenvalue weighted by Crippen LogP contribution is 2.41. The average molecular weight is 494 g/mol. The molecule has 0 spiro atoms. The van der Waals surface area contributed by atoms with E-state index in [-0.39, 0.29) is 5.69 Å². The van der Waals surface area contributed by atoms with E-state index in [1.807, 2.05) is 24.3 Å². The number of rotatable bonds is 12. The Kier molecular flexibility index (Phi) is 9.37. The van der Waals surface area contributed by atoms with Crippen LogP contribution in [0.1, 0.15) is 6.92 Å². The Hall–Kier alpha value is -4.42. The minimum atomic E-state index is -0.477. The van der Waals surface area contributed by atoms with E-state index in [9.17, 15) is 10.1 Å². The van der Waals surface area contributed by atoms with E-state index in [2.05, 4.69) is 37.1 Å². The zero-order chi connectivity index (χ0) is 25.9. The molecule has 188 valence electrons. The van der Waals surface area contributed by atoms with Gasteiger partial charge in [0.05, 0.1) is 37.1 Å². The standard InChI is InChI=1S/C24H27N7O5/c1-4-30(13-14-36-25)19-9-5-17(6-10-19)26-28-21-15-24(35-3)22(16-23(21)34-2)29-27-18-7-11-20(12-8-18)31(32)33/h5-12,15-16H,4,13-14,25H2,1-3H3. The summed E-state index contributed by atoms with van der Waals surface area (Å²) >= 11 is 0. The number of likely N-dealkylation sites (N-methyl/N-ethyl adjacent to an activating group) is 1. The fourth-order valence-corrected chi connectivity index (χ4v) is 3.25. The van der Waals surface area contributed by atoms with Crippen LogP contribution < -0.4 is 20.3 Å². The molecule has 36 heavy (non-hydrogen) atoms. The maximum Gasteiger partial charge on any atom is 0.269 e. The maximum absolute atomic E-state index is 10.8. The van der Waals surface area contributed by atoms with Crippen LogP contribution in [0.2, 0.25) is 0 Å². The van der Waals surface area contributed by atoms with E-state index in [0.717, 1.165) is 12.2 Å². The molecular formula is C24H27N7O5. The van der Waals surface area contributed by atoms with E-state index in [4.69, 9.17) is 15.4 Å². The lowest BCUT2D eigenvalue weighted by atomic mass is 10.2. The van der Waals surface area contributed by atoms with Crippen molar-refractivity contribution in [3.8, 4) is 11.5 Å². The molecule has 0 atom stereocenters. The fraction of sp³-hybridized carbons (Fsp3) is 0.250. The second-order valence-corrected chi connectivity index (χ2v) is 7.34. The summed E-state index contributed by atoms with van der Waals surface area (Å²) in [6.07, 6.45) is 0. The minimum absolute atomic E-state index is 0.0264. The molecule has 2 N–H and O–H groups in total. The molecule has 0 aliphatic carbocycles. The highest BCUT2D eigenvalue weighted by Gasteiger charge is 2.12. The first-order valence-electron chi connectivity index (χ1n) is 11.0. The van der Waals surface area contributed by atoms with E-state index < -0.39 is 4.92 Å². The number of nitro benzene ring substituents is 1. The highest BCUT2D eigenvalue weighted by molar-refractivity contribution is 5.66. The molecular weight excluding hydrogens is 466 g/mol. The van der Waals surface area contributed by atoms with Gasteiger partial charge in [0.15, 0.2) is 0 Å². The zero-order valence-corrected chi connectivity index (χ0v) is 20.2. The summed E-state index contributed by atoms with van der Waals surface area (Å²) in [6.45, 7) is 3.98. The van der Waals surface area contributed by atoms with Gasteiger partial charge in [-0.15, -0.1) is 10.2 Å². The SMILES string of the molecule is CCN(CCON)c1ccc(N=Nc2cc(OC)c(N=Nc3ccc([N+](=O)[O-])cc3)cc2OC)cc1. The minimum Gasteiger partial charge on any atom is -0.494 e. The number of ether oxygens (including phenoxy) is 2. The van der Waals surface area contributed by atoms with Crippen LogP contribution in [0.5, 0.6) is 11.5 Å². The third-order valence-electron chi connectivity index (χ3n) is 5.16. The molecule has 0 amide bonds. The van der Waals surface area contributed by atoms with Crippen molar-refractivity contribution in [3.63, 3.8) is 0 Å². The Bertz CT molecular complexity index is 1210. The average Bonchev–Trinajstić information content (AvgIpc) is 2.91. The van der Waals surface area contributed by atoms with Crippen LogP contribution in [0.25, 0.3) is 0 Å². The van der Waals surface area contributed by atoms with Crippen LogP contribution in [0, 0.1) is 10.1 Å². The van der Waals surface area contributed by atoms with Crippen molar-refractivity contribution in [1.29, 1.82) is 0 Å². The van der Waals surface area contributed by atoms with Crippen molar-refractivity contribution in [2.75, 3.05) is 38.8 Å². The summed E-state index contributed by atoms with van der Waals surface area (Å²) in [5.41, 5.74) is 2.95. The van der Waals surface area contributed by atoms with Crippen LogP contribution in [0.15, 0.2) is 81.1 Å². The molecule has 12 heteroatoms. The number of nitro groups is 1. The number of anilines is 1. The summed E-state index contributed by atoms with van der Waals surface area (Å²) in [7, 11) is 3.01. The van der Waals surface area contributed by atoms with E-state index in [1.54, 1.807) is 12.1 Å². The Balaban J connectivity index is 1.80. The summed E-state index contributed by atoms with van der Waals surface area (Å²) in [5.74, 6) is 5.97. The number of nitrogens with zero attached hydrogens (tertiary/aromatic N) is 6. The van der Waals surface area contributed by atoms with Gasteiger partial charge < -0.3 is 19.2 Å². The molecule has 0 fully saturated rings. The fourth-order valence-electron chi connectivity index (χ4n) is 3.25. The number of benzene rings is 3. The van der Waals surface area contributed by atoms with Crippen LogP contribution in [-0.4, -0.2) is 38.8 Å². The molecule has 3 aromatic carbocycles. The number of hydrogen-bond donors (Lipinski definition) is 1. The van der Waals surface area contributed by atoms with Crippen molar-refractivity contribution in [3.05, 3.63) is 70.8 Å². The molecule has 3 aromatic rings. The summed E-state index contributed by atoms with van der Waals surface area (Å²) in [6, 6.07) is 16.6. The van der Waals surface area contributed by atoms with E-state index in [1.165, 1.54) is 38.5 Å². The van der Waals surface area contributed by atoms with Crippen molar-refractivity contribution >= 4 is 34.1 Å². The Morgan fingerprint density at radius 1 is 0.861 bits per heavy atom. The molecule has 0 radical (unpaired) electrons. The molecule has 0 heterocycles. The lowest BCUT2D eigenvalue weighted by molar-refractivity contribution is -0.384. The Labute approximate surface area is 208 Å². The van der Waals surface area contributed by atoms with Crippen molar-refractivity contribution in [1.82, 2.24) is 0 Å². The smallest absolute Gasteiger partial charge is 0.269 e. The molecule has 0 saturated heterocycles. The molecule has 0 aromatic heterocycles. The third-order valence-corrected chi connectivity index (χ3v) is 5.16. The molecule has 0 bridgehead atoms.